The average molecular weight is 656 g/mol. The molecule has 0 bridgehead atoms. The van der Waals surface area contributed by atoms with E-state index in [0.29, 0.717) is 33.2 Å². The zero-order valence-corrected chi connectivity index (χ0v) is 25.9. The summed E-state index contributed by atoms with van der Waals surface area (Å²) in [6, 6.07) is 26.4. The van der Waals surface area contributed by atoms with Crippen molar-refractivity contribution in [2.45, 2.75) is 6.61 Å². The molecule has 0 fully saturated rings. The summed E-state index contributed by atoms with van der Waals surface area (Å²) >= 11 is 4.16. The van der Waals surface area contributed by atoms with Gasteiger partial charge < -0.3 is 4.74 Å². The first-order valence-electron chi connectivity index (χ1n) is 14.1. The topological polar surface area (TPSA) is 116 Å². The first-order chi connectivity index (χ1) is 22.6. The Kier molecular flexibility index (Phi) is 6.03. The highest BCUT2D eigenvalue weighted by Gasteiger charge is 2.25. The number of fused-ring (bicyclic) bond motifs is 7. The molecule has 0 atom stereocenters. The predicted molar refractivity (Wildman–Crippen MR) is 183 cm³/mol. The Morgan fingerprint density at radius 3 is 2.39 bits per heavy atom. The Hall–Kier alpha value is -5.43. The fourth-order valence-corrected chi connectivity index (χ4v) is 8.85. The molecule has 9 nitrogen and oxygen atoms in total. The Balaban J connectivity index is 1.21. The van der Waals surface area contributed by atoms with E-state index >= 15 is 0 Å². The van der Waals surface area contributed by atoms with Gasteiger partial charge in [-0.05, 0) is 17.7 Å². The molecule has 0 saturated carbocycles. The van der Waals surface area contributed by atoms with Gasteiger partial charge >= 0.3 is 6.09 Å². The average Bonchev–Trinajstić information content (AvgIpc) is 3.90. The summed E-state index contributed by atoms with van der Waals surface area (Å²) in [5.74, 6) is 0. The number of nitrogens with zero attached hydrogens (tertiary/aromatic N) is 5. The van der Waals surface area contributed by atoms with Crippen LogP contribution >= 0.6 is 34.4 Å². The van der Waals surface area contributed by atoms with Crippen LogP contribution in [0.1, 0.15) is 5.56 Å². The zero-order valence-electron chi connectivity index (χ0n) is 23.5. The van der Waals surface area contributed by atoms with E-state index in [1.165, 1.54) is 11.3 Å². The molecule has 0 amide bonds. The number of hydrogen-bond acceptors (Lipinski definition) is 11. The van der Waals surface area contributed by atoms with Crippen LogP contribution in [0.2, 0.25) is 0 Å². The molecule has 5 aromatic heterocycles. The molecule has 0 saturated heterocycles. The van der Waals surface area contributed by atoms with Crippen molar-refractivity contribution < 1.29 is 9.53 Å². The Bertz CT molecular complexity index is 2840. The van der Waals surface area contributed by atoms with E-state index in [4.69, 9.17) is 9.72 Å². The molecule has 4 aromatic carbocycles. The number of pyridine rings is 1. The van der Waals surface area contributed by atoms with E-state index in [2.05, 4.69) is 13.7 Å². The van der Waals surface area contributed by atoms with Gasteiger partial charge in [-0.15, -0.1) is 22.7 Å². The van der Waals surface area contributed by atoms with Gasteiger partial charge in [-0.25, -0.2) is 14.4 Å². The van der Waals surface area contributed by atoms with Crippen LogP contribution in [0.5, 0.6) is 0 Å². The van der Waals surface area contributed by atoms with E-state index in [1.807, 2.05) is 60.7 Å². The summed E-state index contributed by atoms with van der Waals surface area (Å²) in [6.45, 7) is 0.148. The van der Waals surface area contributed by atoms with Gasteiger partial charge in [-0.1, -0.05) is 72.8 Å². The largest absolute Gasteiger partial charge is 0.444 e. The number of thiophene rings is 2. The second-order valence-corrected chi connectivity index (χ2v) is 13.2. The van der Waals surface area contributed by atoms with Crippen LogP contribution in [0.25, 0.3) is 62.9 Å². The van der Waals surface area contributed by atoms with E-state index in [9.17, 15) is 14.4 Å². The molecule has 0 aliphatic rings. The molecule has 5 heterocycles. The molecule has 46 heavy (non-hydrogen) atoms. The monoisotopic (exact) mass is 655 g/mol. The lowest BCUT2D eigenvalue weighted by atomic mass is 10.2. The normalized spacial score (nSPS) is 12.4. The van der Waals surface area contributed by atoms with Crippen molar-refractivity contribution >= 4 is 98.5 Å². The number of carbonyl (C=O) groups excluding carboxylic acids is 1. The third-order valence-electron chi connectivity index (χ3n) is 7.93. The maximum Gasteiger partial charge on any atom is 0.419 e. The fraction of sp³-hybridized carbons (Fsp3) is 0.0294. The van der Waals surface area contributed by atoms with E-state index in [-0.39, 0.29) is 12.0 Å². The van der Waals surface area contributed by atoms with Crippen LogP contribution < -0.4 is 16.2 Å². The molecule has 0 aliphatic heterocycles. The van der Waals surface area contributed by atoms with Gasteiger partial charge in [0.2, 0.25) is 5.43 Å². The second kappa shape index (κ2) is 10.3. The molecule has 9 rings (SSSR count). The number of carbonyl (C=O) groups is 1. The molecule has 0 unspecified atom stereocenters. The quantitative estimate of drug-likeness (QED) is 0.183. The van der Waals surface area contributed by atoms with E-state index in [1.54, 1.807) is 46.4 Å². The van der Waals surface area contributed by atoms with Gasteiger partial charge in [-0.2, -0.15) is 8.75 Å². The van der Waals surface area contributed by atoms with Crippen molar-refractivity contribution in [2.75, 3.05) is 0 Å². The smallest absolute Gasteiger partial charge is 0.419 e. The highest BCUT2D eigenvalue weighted by atomic mass is 32.1. The standard InChI is InChI=1S/C34H17N5O4S3/c40-30-19-11-5-4-10-18(19)25(31(30)41)36-21-15-35-27(28-26(21)37-46-38-28)24-14-22-32(45-24)33-29(20-12-6-7-13-23(20)44-33)39(22)34(42)43-16-17-8-2-1-3-9-17/h1-15H,16H2/b36-25-. The summed E-state index contributed by atoms with van der Waals surface area (Å²) in [5.41, 5.74) is 3.14. The van der Waals surface area contributed by atoms with Crippen molar-refractivity contribution in [3.05, 3.63) is 122 Å². The molecular formula is C34H17N5O4S3. The third-order valence-corrected chi connectivity index (χ3v) is 10.9. The van der Waals surface area contributed by atoms with Crippen molar-refractivity contribution in [2.24, 2.45) is 4.99 Å². The van der Waals surface area contributed by atoms with Crippen molar-refractivity contribution in [3.8, 4) is 10.6 Å². The number of benzene rings is 3. The summed E-state index contributed by atoms with van der Waals surface area (Å²) in [6.07, 6.45) is 1.08. The molecule has 0 spiro atoms. The molecule has 9 aromatic rings. The van der Waals surface area contributed by atoms with Gasteiger partial charge in [0.25, 0.3) is 5.43 Å². The van der Waals surface area contributed by atoms with E-state index in [0.717, 1.165) is 52.7 Å². The minimum Gasteiger partial charge on any atom is -0.444 e. The van der Waals surface area contributed by atoms with Crippen LogP contribution in [0.4, 0.5) is 10.5 Å². The first-order valence-corrected chi connectivity index (χ1v) is 16.5. The number of rotatable bonds is 4. The Morgan fingerprint density at radius 1 is 0.804 bits per heavy atom. The van der Waals surface area contributed by atoms with Gasteiger partial charge in [0.1, 0.15) is 34.4 Å². The van der Waals surface area contributed by atoms with E-state index < -0.39 is 17.0 Å². The lowest BCUT2D eigenvalue weighted by molar-refractivity contribution is 0.143. The molecule has 220 valence electrons. The highest BCUT2D eigenvalue weighted by Crippen LogP contribution is 2.46. The van der Waals surface area contributed by atoms with Gasteiger partial charge in [0, 0.05) is 20.9 Å². The number of hydrogen-bond donors (Lipinski definition) is 0. The molecule has 0 radical (unpaired) electrons. The maximum atomic E-state index is 13.8. The van der Waals surface area contributed by atoms with Crippen LogP contribution in [-0.2, 0) is 11.3 Å². The molecule has 0 N–H and O–H groups in total. The minimum absolute atomic E-state index is 0.0708. The van der Waals surface area contributed by atoms with Crippen LogP contribution in [-0.4, -0.2) is 24.4 Å². The van der Waals surface area contributed by atoms with Crippen molar-refractivity contribution in [1.82, 2.24) is 18.3 Å². The van der Waals surface area contributed by atoms with Crippen LogP contribution in [0, 0.1) is 0 Å². The van der Waals surface area contributed by atoms with Crippen molar-refractivity contribution in [1.29, 1.82) is 0 Å². The fourth-order valence-electron chi connectivity index (χ4n) is 5.82. The lowest BCUT2D eigenvalue weighted by Gasteiger charge is -2.07. The van der Waals surface area contributed by atoms with Gasteiger partial charge in [0.15, 0.2) is 0 Å². The third kappa shape index (κ3) is 4.01. The van der Waals surface area contributed by atoms with Gasteiger partial charge in [0.05, 0.1) is 43.2 Å². The maximum absolute atomic E-state index is 13.8. The lowest BCUT2D eigenvalue weighted by Crippen LogP contribution is -2.30. The van der Waals surface area contributed by atoms with Crippen molar-refractivity contribution in [3.63, 3.8) is 0 Å². The van der Waals surface area contributed by atoms with Gasteiger partial charge in [-0.3, -0.25) is 14.6 Å². The molecule has 0 aliphatic carbocycles. The Labute approximate surface area is 270 Å². The molecule has 12 heteroatoms. The number of ether oxygens (including phenoxy) is 1. The first kappa shape index (κ1) is 26.9. The van der Waals surface area contributed by atoms with Crippen LogP contribution in [0.3, 0.4) is 0 Å². The second-order valence-electron chi connectivity index (χ2n) is 10.6. The predicted octanol–water partition coefficient (Wildman–Crippen LogP) is 7.30. The van der Waals surface area contributed by atoms with Crippen LogP contribution in [0.15, 0.2) is 106 Å². The highest BCUT2D eigenvalue weighted by molar-refractivity contribution is 7.32. The summed E-state index contributed by atoms with van der Waals surface area (Å²) < 4.78 is 19.5. The SMILES string of the molecule is O=C(OCc1ccccc1)n1c2cc(-c3ncc(/N=c4\c(=O)c(=O)c5ccccc45)c4nsnc34)sc2c2sc3ccccc3c21. The summed E-state index contributed by atoms with van der Waals surface area (Å²) in [7, 11) is 0. The molecular weight excluding hydrogens is 639 g/mol. The summed E-state index contributed by atoms with van der Waals surface area (Å²) in [5, 5.41) is 1.88. The zero-order chi connectivity index (χ0) is 30.9. The number of aromatic nitrogens is 4. The Morgan fingerprint density at radius 2 is 1.54 bits per heavy atom. The minimum atomic E-state index is -0.658. The summed E-state index contributed by atoms with van der Waals surface area (Å²) in [4.78, 5) is 49.2.